The predicted octanol–water partition coefficient (Wildman–Crippen LogP) is 2.85. The van der Waals surface area contributed by atoms with Crippen LogP contribution in [-0.4, -0.2) is 25.0 Å². The van der Waals surface area contributed by atoms with Gasteiger partial charge in [-0.2, -0.15) is 0 Å². The van der Waals surface area contributed by atoms with Crippen molar-refractivity contribution >= 4 is 38.1 Å². The Morgan fingerprint density at radius 3 is 2.89 bits per heavy atom. The second-order valence-electron chi connectivity index (χ2n) is 4.55. The van der Waals surface area contributed by atoms with Gasteiger partial charge in [0.1, 0.15) is 0 Å². The molecule has 0 aliphatic heterocycles. The number of rotatable bonds is 5. The van der Waals surface area contributed by atoms with Crippen LogP contribution in [0.1, 0.15) is 6.92 Å². The molecule has 2 aromatic rings. The summed E-state index contributed by atoms with van der Waals surface area (Å²) in [5.74, 6) is 0.234. The van der Waals surface area contributed by atoms with E-state index in [1.807, 2.05) is 18.2 Å². The molecule has 0 radical (unpaired) electrons. The Bertz CT molecular complexity index is 668. The van der Waals surface area contributed by atoms with Crippen molar-refractivity contribution < 1.29 is 8.42 Å². The highest BCUT2D eigenvalue weighted by Crippen LogP contribution is 2.23. The van der Waals surface area contributed by atoms with Crippen LogP contribution in [-0.2, 0) is 10.0 Å². The lowest BCUT2D eigenvalue weighted by molar-refractivity contribution is 0.588. The number of halogens is 1. The first-order valence-corrected chi connectivity index (χ1v) is 8.10. The molecule has 1 unspecified atom stereocenters. The van der Waals surface area contributed by atoms with Crippen LogP contribution in [0, 0.1) is 5.92 Å². The number of anilines is 1. The number of aromatic nitrogens is 1. The van der Waals surface area contributed by atoms with Crippen LogP contribution in [0.15, 0.2) is 36.7 Å². The van der Waals surface area contributed by atoms with Crippen LogP contribution < -0.4 is 4.72 Å². The number of fused-ring (bicyclic) bond motifs is 1. The average Bonchev–Trinajstić information content (AvgIpc) is 2.38. The maximum absolute atomic E-state index is 12.0. The Balaban J connectivity index is 2.31. The third-order valence-electron chi connectivity index (χ3n) is 2.72. The summed E-state index contributed by atoms with van der Waals surface area (Å²) in [6.07, 6.45) is 3.33. The third kappa shape index (κ3) is 3.58. The number of nitrogens with one attached hydrogen (secondary N) is 1. The first-order chi connectivity index (χ1) is 9.02. The first-order valence-electron chi connectivity index (χ1n) is 5.91. The molecule has 19 heavy (non-hydrogen) atoms. The molecule has 1 aromatic heterocycles. The second-order valence-corrected chi connectivity index (χ2v) is 6.62. The van der Waals surface area contributed by atoms with Gasteiger partial charge in [-0.3, -0.25) is 9.71 Å². The second kappa shape index (κ2) is 5.75. The van der Waals surface area contributed by atoms with Gasteiger partial charge in [0.25, 0.3) is 0 Å². The van der Waals surface area contributed by atoms with Gasteiger partial charge in [0.05, 0.1) is 11.4 Å². The van der Waals surface area contributed by atoms with Gasteiger partial charge in [-0.05, 0) is 23.4 Å². The standard InChI is InChI=1S/C13H15ClN2O2S/c1-10(7-14)9-19(17,18)16-13-4-2-3-11-5-6-15-8-12(11)13/h2-6,8,10,16H,7,9H2,1H3. The van der Waals surface area contributed by atoms with Crippen molar-refractivity contribution in [2.45, 2.75) is 6.92 Å². The molecule has 0 fully saturated rings. The van der Waals surface area contributed by atoms with Crippen molar-refractivity contribution in [1.82, 2.24) is 4.98 Å². The zero-order valence-corrected chi connectivity index (χ0v) is 12.1. The van der Waals surface area contributed by atoms with Gasteiger partial charge >= 0.3 is 0 Å². The quantitative estimate of drug-likeness (QED) is 0.864. The van der Waals surface area contributed by atoms with E-state index in [0.29, 0.717) is 11.6 Å². The van der Waals surface area contributed by atoms with Crippen molar-refractivity contribution in [3.8, 4) is 0 Å². The van der Waals surface area contributed by atoms with E-state index in [2.05, 4.69) is 9.71 Å². The Kier molecular flexibility index (Phi) is 4.27. The van der Waals surface area contributed by atoms with Gasteiger partial charge in [-0.1, -0.05) is 19.1 Å². The molecule has 0 spiro atoms. The zero-order valence-electron chi connectivity index (χ0n) is 10.5. The summed E-state index contributed by atoms with van der Waals surface area (Å²) in [5.41, 5.74) is 0.548. The summed E-state index contributed by atoms with van der Waals surface area (Å²) in [7, 11) is -3.40. The van der Waals surface area contributed by atoms with Gasteiger partial charge in [0.2, 0.25) is 10.0 Å². The number of hydrogen-bond donors (Lipinski definition) is 1. The van der Waals surface area contributed by atoms with Crippen molar-refractivity contribution in [3.63, 3.8) is 0 Å². The van der Waals surface area contributed by atoms with Crippen molar-refractivity contribution in [2.24, 2.45) is 5.92 Å². The van der Waals surface area contributed by atoms with E-state index in [9.17, 15) is 8.42 Å². The number of sulfonamides is 1. The van der Waals surface area contributed by atoms with E-state index < -0.39 is 10.0 Å². The van der Waals surface area contributed by atoms with Gasteiger partial charge in [-0.25, -0.2) is 8.42 Å². The fraction of sp³-hybridized carbons (Fsp3) is 0.308. The zero-order chi connectivity index (χ0) is 13.9. The lowest BCUT2D eigenvalue weighted by Crippen LogP contribution is -2.22. The molecule has 6 heteroatoms. The first kappa shape index (κ1) is 14.1. The molecule has 4 nitrogen and oxygen atoms in total. The van der Waals surface area contributed by atoms with Gasteiger partial charge in [0, 0.05) is 23.7 Å². The molecule has 0 saturated heterocycles. The van der Waals surface area contributed by atoms with Crippen LogP contribution in [0.4, 0.5) is 5.69 Å². The van der Waals surface area contributed by atoms with E-state index in [1.54, 1.807) is 25.4 Å². The molecule has 1 atom stereocenters. The Morgan fingerprint density at radius 2 is 2.16 bits per heavy atom. The predicted molar refractivity (Wildman–Crippen MR) is 79.0 cm³/mol. The largest absolute Gasteiger partial charge is 0.283 e. The Morgan fingerprint density at radius 1 is 1.37 bits per heavy atom. The summed E-state index contributed by atoms with van der Waals surface area (Å²) in [4.78, 5) is 4.02. The van der Waals surface area contributed by atoms with Gasteiger partial charge in [-0.15, -0.1) is 11.6 Å². The van der Waals surface area contributed by atoms with E-state index >= 15 is 0 Å². The van der Waals surface area contributed by atoms with Crippen LogP contribution in [0.5, 0.6) is 0 Å². The lowest BCUT2D eigenvalue weighted by atomic mass is 10.1. The fourth-order valence-electron chi connectivity index (χ4n) is 1.83. The SMILES string of the molecule is CC(CCl)CS(=O)(=O)Nc1cccc2ccncc12. The summed E-state index contributed by atoms with van der Waals surface area (Å²) in [6.45, 7) is 1.80. The topological polar surface area (TPSA) is 59.1 Å². The number of pyridine rings is 1. The van der Waals surface area contributed by atoms with Crippen molar-refractivity contribution in [1.29, 1.82) is 0 Å². The molecule has 1 heterocycles. The highest BCUT2D eigenvalue weighted by Gasteiger charge is 2.16. The fourth-order valence-corrected chi connectivity index (χ4v) is 3.53. The molecule has 0 bridgehead atoms. The molecule has 0 amide bonds. The molecule has 0 saturated carbocycles. The molecule has 2 rings (SSSR count). The molecular weight excluding hydrogens is 284 g/mol. The summed E-state index contributed by atoms with van der Waals surface area (Å²) in [5, 5.41) is 1.73. The van der Waals surface area contributed by atoms with E-state index in [-0.39, 0.29) is 11.7 Å². The highest BCUT2D eigenvalue weighted by molar-refractivity contribution is 7.92. The molecule has 102 valence electrons. The highest BCUT2D eigenvalue weighted by atomic mass is 35.5. The molecular formula is C13H15ClN2O2S. The van der Waals surface area contributed by atoms with Crippen molar-refractivity contribution in [2.75, 3.05) is 16.4 Å². The van der Waals surface area contributed by atoms with Crippen LogP contribution in [0.3, 0.4) is 0 Å². The molecule has 0 aliphatic rings. The smallest absolute Gasteiger partial charge is 0.233 e. The minimum absolute atomic E-state index is 0.00709. The average molecular weight is 299 g/mol. The summed E-state index contributed by atoms with van der Waals surface area (Å²) >= 11 is 5.65. The van der Waals surface area contributed by atoms with Gasteiger partial charge in [0.15, 0.2) is 0 Å². The Hall–Kier alpha value is -1.33. The number of alkyl halides is 1. The number of nitrogens with zero attached hydrogens (tertiary/aromatic N) is 1. The van der Waals surface area contributed by atoms with E-state index in [1.165, 1.54) is 0 Å². The third-order valence-corrected chi connectivity index (χ3v) is 4.78. The Labute approximate surface area is 117 Å². The van der Waals surface area contributed by atoms with E-state index in [4.69, 9.17) is 11.6 Å². The maximum atomic E-state index is 12.0. The number of benzene rings is 1. The molecule has 1 N–H and O–H groups in total. The summed E-state index contributed by atoms with van der Waals surface area (Å²) in [6, 6.07) is 7.29. The minimum atomic E-state index is -3.40. The molecule has 1 aromatic carbocycles. The van der Waals surface area contributed by atoms with E-state index in [0.717, 1.165) is 10.8 Å². The minimum Gasteiger partial charge on any atom is -0.283 e. The van der Waals surface area contributed by atoms with Crippen LogP contribution >= 0.6 is 11.6 Å². The van der Waals surface area contributed by atoms with Crippen molar-refractivity contribution in [3.05, 3.63) is 36.7 Å². The normalized spacial score (nSPS) is 13.4. The maximum Gasteiger partial charge on any atom is 0.233 e. The monoisotopic (exact) mass is 298 g/mol. The van der Waals surface area contributed by atoms with Crippen LogP contribution in [0.2, 0.25) is 0 Å². The molecule has 0 aliphatic carbocycles. The summed E-state index contributed by atoms with van der Waals surface area (Å²) < 4.78 is 26.6. The van der Waals surface area contributed by atoms with Crippen LogP contribution in [0.25, 0.3) is 10.8 Å². The number of hydrogen-bond acceptors (Lipinski definition) is 3. The van der Waals surface area contributed by atoms with Gasteiger partial charge < -0.3 is 0 Å². The lowest BCUT2D eigenvalue weighted by Gasteiger charge is -2.12.